The maximum Gasteiger partial charge on any atom is 0.101 e. The molecule has 0 bridgehead atoms. The molecule has 0 saturated heterocycles. The topological polar surface area (TPSA) is 61.8 Å². The first-order valence-corrected chi connectivity index (χ1v) is 7.50. The molecule has 0 spiro atoms. The Morgan fingerprint density at radius 1 is 1.44 bits per heavy atom. The zero-order chi connectivity index (χ0) is 13.0. The summed E-state index contributed by atoms with van der Waals surface area (Å²) in [4.78, 5) is 0. The molecule has 96 valence electrons. The summed E-state index contributed by atoms with van der Waals surface area (Å²) in [6.07, 6.45) is 7.43. The minimum atomic E-state index is 0.378. The fourth-order valence-electron chi connectivity index (χ4n) is 2.51. The van der Waals surface area contributed by atoms with Crippen molar-refractivity contribution < 1.29 is 0 Å². The van der Waals surface area contributed by atoms with Gasteiger partial charge in [0.1, 0.15) is 6.07 Å². The molecule has 1 fully saturated rings. The molecule has 1 aliphatic rings. The molecule has 0 heterocycles. The van der Waals surface area contributed by atoms with E-state index in [2.05, 4.69) is 17.6 Å². The lowest BCUT2D eigenvalue weighted by Gasteiger charge is -2.27. The van der Waals surface area contributed by atoms with Crippen LogP contribution in [0.5, 0.6) is 0 Å². The summed E-state index contributed by atoms with van der Waals surface area (Å²) in [5.74, 6) is 0. The van der Waals surface area contributed by atoms with Crippen LogP contribution in [-0.4, -0.2) is 17.5 Å². The standard InChI is InChI=1S/C14H19N3S/c1-18-14(6-2-3-7-14)10-17-12-5-4-11(9-15)13(16)8-12/h4-5,8,17H,2-3,6-7,10,16H2,1H3. The zero-order valence-electron chi connectivity index (χ0n) is 10.7. The molecular formula is C14H19N3S. The molecule has 3 nitrogen and oxygen atoms in total. The van der Waals surface area contributed by atoms with Gasteiger partial charge in [0.15, 0.2) is 0 Å². The van der Waals surface area contributed by atoms with E-state index in [4.69, 9.17) is 11.0 Å². The molecule has 4 heteroatoms. The van der Waals surface area contributed by atoms with Crippen molar-refractivity contribution in [1.29, 1.82) is 5.26 Å². The quantitative estimate of drug-likeness (QED) is 0.817. The lowest BCUT2D eigenvalue weighted by molar-refractivity contribution is 0.640. The number of hydrogen-bond acceptors (Lipinski definition) is 4. The fraction of sp³-hybridized carbons (Fsp3) is 0.500. The highest BCUT2D eigenvalue weighted by atomic mass is 32.2. The lowest BCUT2D eigenvalue weighted by atomic mass is 10.1. The molecule has 0 aromatic heterocycles. The van der Waals surface area contributed by atoms with E-state index < -0.39 is 0 Å². The second-order valence-corrected chi connectivity index (χ2v) is 6.14. The average molecular weight is 261 g/mol. The van der Waals surface area contributed by atoms with Gasteiger partial charge >= 0.3 is 0 Å². The molecule has 1 aromatic carbocycles. The molecule has 1 saturated carbocycles. The van der Waals surface area contributed by atoms with E-state index in [-0.39, 0.29) is 0 Å². The van der Waals surface area contributed by atoms with Gasteiger partial charge in [0.05, 0.1) is 11.3 Å². The van der Waals surface area contributed by atoms with Crippen molar-refractivity contribution in [1.82, 2.24) is 0 Å². The van der Waals surface area contributed by atoms with Crippen molar-refractivity contribution in [3.8, 4) is 6.07 Å². The number of anilines is 2. The summed E-state index contributed by atoms with van der Waals surface area (Å²) >= 11 is 1.96. The average Bonchev–Trinajstić information content (AvgIpc) is 2.86. The second-order valence-electron chi connectivity index (χ2n) is 4.86. The molecule has 18 heavy (non-hydrogen) atoms. The number of nitrogens with zero attached hydrogens (tertiary/aromatic N) is 1. The van der Waals surface area contributed by atoms with Gasteiger partial charge in [-0.05, 0) is 37.3 Å². The first-order chi connectivity index (χ1) is 8.69. The highest BCUT2D eigenvalue weighted by Crippen LogP contribution is 2.40. The van der Waals surface area contributed by atoms with Crippen LogP contribution in [0.25, 0.3) is 0 Å². The van der Waals surface area contributed by atoms with Crippen LogP contribution >= 0.6 is 11.8 Å². The first kappa shape index (κ1) is 13.1. The molecule has 3 N–H and O–H groups in total. The number of nitrogen functional groups attached to an aromatic ring is 1. The Morgan fingerprint density at radius 2 is 2.17 bits per heavy atom. The molecule has 1 aromatic rings. The van der Waals surface area contributed by atoms with Crippen molar-refractivity contribution in [2.24, 2.45) is 0 Å². The molecule has 0 radical (unpaired) electrons. The Bertz CT molecular complexity index is 459. The van der Waals surface area contributed by atoms with Gasteiger partial charge in [-0.3, -0.25) is 0 Å². The van der Waals surface area contributed by atoms with Crippen LogP contribution in [0.3, 0.4) is 0 Å². The van der Waals surface area contributed by atoms with Crippen molar-refractivity contribution >= 4 is 23.1 Å². The number of benzene rings is 1. The van der Waals surface area contributed by atoms with E-state index in [1.807, 2.05) is 23.9 Å². The van der Waals surface area contributed by atoms with Crippen molar-refractivity contribution in [3.05, 3.63) is 23.8 Å². The van der Waals surface area contributed by atoms with Gasteiger partial charge < -0.3 is 11.1 Å². The molecule has 0 atom stereocenters. The first-order valence-electron chi connectivity index (χ1n) is 6.28. The van der Waals surface area contributed by atoms with Crippen LogP contribution in [0.2, 0.25) is 0 Å². The summed E-state index contributed by atoms with van der Waals surface area (Å²) in [6, 6.07) is 7.63. The zero-order valence-corrected chi connectivity index (χ0v) is 11.5. The maximum absolute atomic E-state index is 8.84. The SMILES string of the molecule is CSC1(CNc2ccc(C#N)c(N)c2)CCCC1. The molecular weight excluding hydrogens is 242 g/mol. The van der Waals surface area contributed by atoms with Crippen molar-refractivity contribution in [2.75, 3.05) is 23.9 Å². The van der Waals surface area contributed by atoms with Crippen LogP contribution < -0.4 is 11.1 Å². The number of nitriles is 1. The van der Waals surface area contributed by atoms with Gasteiger partial charge in [-0.1, -0.05) is 12.8 Å². The van der Waals surface area contributed by atoms with E-state index in [1.165, 1.54) is 25.7 Å². The van der Waals surface area contributed by atoms with Crippen LogP contribution in [0.4, 0.5) is 11.4 Å². The highest BCUT2D eigenvalue weighted by Gasteiger charge is 2.32. The Kier molecular flexibility index (Phi) is 4.03. The van der Waals surface area contributed by atoms with E-state index in [9.17, 15) is 0 Å². The fourth-order valence-corrected chi connectivity index (χ4v) is 3.42. The summed E-state index contributed by atoms with van der Waals surface area (Å²) in [5.41, 5.74) is 7.91. The van der Waals surface area contributed by atoms with E-state index >= 15 is 0 Å². The Labute approximate surface area is 113 Å². The van der Waals surface area contributed by atoms with Gasteiger partial charge in [0, 0.05) is 17.0 Å². The third-order valence-corrected chi connectivity index (χ3v) is 5.15. The van der Waals surface area contributed by atoms with Gasteiger partial charge in [-0.15, -0.1) is 0 Å². The third-order valence-electron chi connectivity index (χ3n) is 3.73. The number of rotatable bonds is 4. The van der Waals surface area contributed by atoms with Crippen LogP contribution in [-0.2, 0) is 0 Å². The van der Waals surface area contributed by atoms with Crippen LogP contribution in [0.1, 0.15) is 31.2 Å². The van der Waals surface area contributed by atoms with Gasteiger partial charge in [-0.2, -0.15) is 17.0 Å². The van der Waals surface area contributed by atoms with Crippen LogP contribution in [0.15, 0.2) is 18.2 Å². The summed E-state index contributed by atoms with van der Waals surface area (Å²) < 4.78 is 0.378. The Morgan fingerprint density at radius 3 is 2.72 bits per heavy atom. The van der Waals surface area contributed by atoms with Gasteiger partial charge in [-0.25, -0.2) is 0 Å². The number of nitrogens with two attached hydrogens (primary N) is 1. The van der Waals surface area contributed by atoms with E-state index in [0.717, 1.165) is 12.2 Å². The molecule has 1 aliphatic carbocycles. The summed E-state index contributed by atoms with van der Waals surface area (Å²) in [7, 11) is 0. The van der Waals surface area contributed by atoms with E-state index in [1.54, 1.807) is 6.07 Å². The normalized spacial score (nSPS) is 17.3. The largest absolute Gasteiger partial charge is 0.398 e. The highest BCUT2D eigenvalue weighted by molar-refractivity contribution is 8.00. The summed E-state index contributed by atoms with van der Waals surface area (Å²) in [6.45, 7) is 0.972. The monoisotopic (exact) mass is 261 g/mol. The smallest absolute Gasteiger partial charge is 0.101 e. The minimum absolute atomic E-state index is 0.378. The van der Waals surface area contributed by atoms with Crippen molar-refractivity contribution in [2.45, 2.75) is 30.4 Å². The summed E-state index contributed by atoms with van der Waals surface area (Å²) in [5, 5.41) is 12.3. The van der Waals surface area contributed by atoms with Gasteiger partial charge in [0.2, 0.25) is 0 Å². The second kappa shape index (κ2) is 5.53. The minimum Gasteiger partial charge on any atom is -0.398 e. The molecule has 0 aliphatic heterocycles. The maximum atomic E-state index is 8.84. The molecule has 0 unspecified atom stereocenters. The predicted octanol–water partition coefficient (Wildman–Crippen LogP) is 3.23. The Hall–Kier alpha value is -1.34. The molecule has 2 rings (SSSR count). The van der Waals surface area contributed by atoms with Gasteiger partial charge in [0.25, 0.3) is 0 Å². The predicted molar refractivity (Wildman–Crippen MR) is 78.8 cm³/mol. The third kappa shape index (κ3) is 2.73. The van der Waals surface area contributed by atoms with E-state index in [0.29, 0.717) is 16.0 Å². The van der Waals surface area contributed by atoms with Crippen molar-refractivity contribution in [3.63, 3.8) is 0 Å². The molecule has 0 amide bonds. The Balaban J connectivity index is 2.02. The number of nitrogens with one attached hydrogen (secondary N) is 1. The number of hydrogen-bond donors (Lipinski definition) is 2. The number of thioether (sulfide) groups is 1. The van der Waals surface area contributed by atoms with Crippen LogP contribution in [0, 0.1) is 11.3 Å². The lowest BCUT2D eigenvalue weighted by Crippen LogP contribution is -2.30.